The van der Waals surface area contributed by atoms with Gasteiger partial charge in [0, 0.05) is 11.9 Å². The van der Waals surface area contributed by atoms with Gasteiger partial charge in [-0.1, -0.05) is 26.0 Å². The van der Waals surface area contributed by atoms with Crippen molar-refractivity contribution in [2.24, 2.45) is 5.92 Å². The van der Waals surface area contributed by atoms with Crippen molar-refractivity contribution in [1.29, 1.82) is 0 Å². The molecule has 0 saturated heterocycles. The first kappa shape index (κ1) is 16.4. The Balaban J connectivity index is 2.84. The predicted molar refractivity (Wildman–Crippen MR) is 76.6 cm³/mol. The highest BCUT2D eigenvalue weighted by atomic mass is 35.5. The van der Waals surface area contributed by atoms with Crippen molar-refractivity contribution < 1.29 is 13.5 Å². The summed E-state index contributed by atoms with van der Waals surface area (Å²) in [7, 11) is -3.60. The Kier molecular flexibility index (Phi) is 6.26. The van der Waals surface area contributed by atoms with Crippen LogP contribution >= 0.6 is 11.6 Å². The lowest BCUT2D eigenvalue weighted by atomic mass is 10.1. The second-order valence-electron chi connectivity index (χ2n) is 4.91. The fraction of sp³-hybridized carbons (Fsp3) is 0.538. The van der Waals surface area contributed by atoms with Gasteiger partial charge in [0.2, 0.25) is 10.0 Å². The van der Waals surface area contributed by atoms with E-state index in [1.54, 1.807) is 12.1 Å². The molecule has 2 N–H and O–H groups in total. The highest BCUT2D eigenvalue weighted by Gasteiger charge is 2.20. The van der Waals surface area contributed by atoms with Crippen LogP contribution in [0.2, 0.25) is 0 Å². The van der Waals surface area contributed by atoms with Crippen molar-refractivity contribution in [2.75, 3.05) is 6.61 Å². The largest absolute Gasteiger partial charge is 0.395 e. The van der Waals surface area contributed by atoms with Gasteiger partial charge in [-0.2, -0.15) is 0 Å². The minimum atomic E-state index is -3.60. The molecule has 0 aromatic heterocycles. The van der Waals surface area contributed by atoms with Crippen LogP contribution in [0.1, 0.15) is 25.8 Å². The molecule has 108 valence electrons. The molecule has 1 aromatic rings. The van der Waals surface area contributed by atoms with Gasteiger partial charge in [-0.25, -0.2) is 13.1 Å². The van der Waals surface area contributed by atoms with E-state index in [1.165, 1.54) is 12.1 Å². The Bertz CT molecular complexity index is 485. The molecule has 0 fully saturated rings. The summed E-state index contributed by atoms with van der Waals surface area (Å²) in [6, 6.07) is 5.93. The maximum absolute atomic E-state index is 12.1. The van der Waals surface area contributed by atoms with Crippen LogP contribution in [0.15, 0.2) is 29.2 Å². The first-order chi connectivity index (χ1) is 8.89. The minimum absolute atomic E-state index is 0.184. The van der Waals surface area contributed by atoms with Crippen molar-refractivity contribution in [3.63, 3.8) is 0 Å². The van der Waals surface area contributed by atoms with Crippen LogP contribution in [0.5, 0.6) is 0 Å². The molecule has 1 aromatic carbocycles. The lowest BCUT2D eigenvalue weighted by Crippen LogP contribution is -2.38. The molecule has 1 unspecified atom stereocenters. The first-order valence-corrected chi connectivity index (χ1v) is 8.19. The van der Waals surface area contributed by atoms with Crippen LogP contribution in [0.25, 0.3) is 0 Å². The van der Waals surface area contributed by atoms with Gasteiger partial charge in [-0.15, -0.1) is 11.6 Å². The topological polar surface area (TPSA) is 66.4 Å². The number of hydrogen-bond acceptors (Lipinski definition) is 3. The smallest absolute Gasteiger partial charge is 0.240 e. The Labute approximate surface area is 119 Å². The van der Waals surface area contributed by atoms with E-state index < -0.39 is 16.1 Å². The molecular formula is C13H20ClNO3S. The Morgan fingerprint density at radius 3 is 2.26 bits per heavy atom. The quantitative estimate of drug-likeness (QED) is 0.758. The number of aliphatic hydroxyl groups is 1. The van der Waals surface area contributed by atoms with Gasteiger partial charge in [-0.05, 0) is 30.0 Å². The first-order valence-electron chi connectivity index (χ1n) is 6.17. The average molecular weight is 306 g/mol. The van der Waals surface area contributed by atoms with E-state index in [-0.39, 0.29) is 11.5 Å². The van der Waals surface area contributed by atoms with Gasteiger partial charge in [0.15, 0.2) is 0 Å². The molecule has 0 saturated carbocycles. The fourth-order valence-corrected chi connectivity index (χ4v) is 3.19. The monoisotopic (exact) mass is 305 g/mol. The zero-order valence-electron chi connectivity index (χ0n) is 11.1. The van der Waals surface area contributed by atoms with Crippen molar-refractivity contribution in [1.82, 2.24) is 4.72 Å². The Morgan fingerprint density at radius 1 is 1.26 bits per heavy atom. The van der Waals surface area contributed by atoms with Crippen molar-refractivity contribution in [3.8, 4) is 0 Å². The van der Waals surface area contributed by atoms with Gasteiger partial charge in [0.25, 0.3) is 0 Å². The van der Waals surface area contributed by atoms with Crippen LogP contribution in [-0.4, -0.2) is 26.2 Å². The molecule has 0 aliphatic heterocycles. The molecule has 0 aliphatic rings. The molecule has 0 bridgehead atoms. The van der Waals surface area contributed by atoms with Crippen LogP contribution < -0.4 is 4.72 Å². The maximum atomic E-state index is 12.1. The SMILES string of the molecule is CC(C)CC(CO)NS(=O)(=O)c1ccc(CCl)cc1. The van der Waals surface area contributed by atoms with E-state index in [1.807, 2.05) is 13.8 Å². The van der Waals surface area contributed by atoms with Gasteiger partial charge in [0.05, 0.1) is 11.5 Å². The van der Waals surface area contributed by atoms with Gasteiger partial charge in [-0.3, -0.25) is 0 Å². The van der Waals surface area contributed by atoms with E-state index in [0.717, 1.165) is 5.56 Å². The molecule has 4 nitrogen and oxygen atoms in total. The van der Waals surface area contributed by atoms with Crippen molar-refractivity contribution in [3.05, 3.63) is 29.8 Å². The highest BCUT2D eigenvalue weighted by Crippen LogP contribution is 2.14. The zero-order chi connectivity index (χ0) is 14.5. The number of benzene rings is 1. The molecule has 6 heteroatoms. The number of sulfonamides is 1. The molecule has 0 heterocycles. The van der Waals surface area contributed by atoms with E-state index in [0.29, 0.717) is 18.2 Å². The van der Waals surface area contributed by atoms with Gasteiger partial charge in [0.1, 0.15) is 0 Å². The summed E-state index contributed by atoms with van der Waals surface area (Å²) < 4.78 is 26.8. The molecule has 19 heavy (non-hydrogen) atoms. The number of hydrogen-bond donors (Lipinski definition) is 2. The molecule has 0 aliphatic carbocycles. The number of alkyl halides is 1. The Hall–Kier alpha value is -0.620. The molecule has 0 spiro atoms. The van der Waals surface area contributed by atoms with E-state index in [2.05, 4.69) is 4.72 Å². The third-order valence-corrected chi connectivity index (χ3v) is 4.53. The lowest BCUT2D eigenvalue weighted by Gasteiger charge is -2.18. The number of halogens is 1. The summed E-state index contributed by atoms with van der Waals surface area (Å²) in [6.07, 6.45) is 0.593. The van der Waals surface area contributed by atoms with Crippen LogP contribution in [-0.2, 0) is 15.9 Å². The predicted octanol–water partition coefficient (Wildman–Crippen LogP) is 2.11. The third-order valence-electron chi connectivity index (χ3n) is 2.69. The third kappa shape index (κ3) is 5.10. The second-order valence-corrected chi connectivity index (χ2v) is 6.89. The van der Waals surface area contributed by atoms with Gasteiger partial charge < -0.3 is 5.11 Å². The normalized spacial score (nSPS) is 13.7. The molecule has 0 amide bonds. The average Bonchev–Trinajstić information content (AvgIpc) is 2.37. The molecule has 1 atom stereocenters. The van der Waals surface area contributed by atoms with Crippen LogP contribution in [0.3, 0.4) is 0 Å². The lowest BCUT2D eigenvalue weighted by molar-refractivity contribution is 0.240. The maximum Gasteiger partial charge on any atom is 0.240 e. The van der Waals surface area contributed by atoms with Crippen LogP contribution in [0, 0.1) is 5.92 Å². The fourth-order valence-electron chi connectivity index (χ4n) is 1.77. The number of rotatable bonds is 7. The minimum Gasteiger partial charge on any atom is -0.395 e. The van der Waals surface area contributed by atoms with Crippen molar-refractivity contribution >= 4 is 21.6 Å². The van der Waals surface area contributed by atoms with Gasteiger partial charge >= 0.3 is 0 Å². The van der Waals surface area contributed by atoms with E-state index >= 15 is 0 Å². The molecule has 0 radical (unpaired) electrons. The second kappa shape index (κ2) is 7.24. The van der Waals surface area contributed by atoms with E-state index in [4.69, 9.17) is 11.6 Å². The summed E-state index contributed by atoms with van der Waals surface area (Å²) >= 11 is 5.66. The molecular weight excluding hydrogens is 286 g/mol. The zero-order valence-corrected chi connectivity index (χ0v) is 12.7. The molecule has 1 rings (SSSR count). The number of aliphatic hydroxyl groups excluding tert-OH is 1. The Morgan fingerprint density at radius 2 is 1.84 bits per heavy atom. The summed E-state index contributed by atoms with van der Waals surface area (Å²) in [5.41, 5.74) is 0.863. The standard InChI is InChI=1S/C13H20ClNO3S/c1-10(2)7-12(9-16)15-19(17,18)13-5-3-11(8-14)4-6-13/h3-6,10,12,15-16H,7-9H2,1-2H3. The van der Waals surface area contributed by atoms with Crippen LogP contribution in [0.4, 0.5) is 0 Å². The highest BCUT2D eigenvalue weighted by molar-refractivity contribution is 7.89. The van der Waals surface area contributed by atoms with E-state index in [9.17, 15) is 13.5 Å². The summed E-state index contributed by atoms with van der Waals surface area (Å²) in [5.74, 6) is 0.652. The summed E-state index contributed by atoms with van der Waals surface area (Å²) in [5, 5.41) is 9.22. The van der Waals surface area contributed by atoms with Crippen molar-refractivity contribution in [2.45, 2.75) is 37.1 Å². The summed E-state index contributed by atoms with van der Waals surface area (Å²) in [4.78, 5) is 0.184. The number of nitrogens with one attached hydrogen (secondary N) is 1. The summed E-state index contributed by atoms with van der Waals surface area (Å²) in [6.45, 7) is 3.75.